The molecule has 1 aromatic carbocycles. The first-order valence-corrected chi connectivity index (χ1v) is 10.1. The fourth-order valence-corrected chi connectivity index (χ4v) is 4.18. The molecule has 1 fully saturated rings. The molecular formula is C23H25N5O. The maximum absolute atomic E-state index is 13.3. The number of ketones is 1. The number of carbonyl (C=O) groups is 1. The summed E-state index contributed by atoms with van der Waals surface area (Å²) >= 11 is 0. The molecule has 1 saturated heterocycles. The van der Waals surface area contributed by atoms with E-state index in [1.165, 1.54) is 6.42 Å². The lowest BCUT2D eigenvalue weighted by atomic mass is 10.1. The van der Waals surface area contributed by atoms with Crippen LogP contribution < -0.4 is 5.73 Å². The van der Waals surface area contributed by atoms with Crippen LogP contribution in [0.4, 0.5) is 0 Å². The lowest BCUT2D eigenvalue weighted by molar-refractivity contribution is 0.0916. The van der Waals surface area contributed by atoms with Crippen LogP contribution in [0.5, 0.6) is 0 Å². The van der Waals surface area contributed by atoms with Gasteiger partial charge < -0.3 is 10.3 Å². The Morgan fingerprint density at radius 1 is 1.21 bits per heavy atom. The number of nitriles is 1. The summed E-state index contributed by atoms with van der Waals surface area (Å²) < 4.78 is 2.05. The van der Waals surface area contributed by atoms with Gasteiger partial charge in [0.25, 0.3) is 0 Å². The minimum absolute atomic E-state index is 0.106. The van der Waals surface area contributed by atoms with E-state index in [2.05, 4.69) is 16.0 Å². The Morgan fingerprint density at radius 3 is 2.59 bits per heavy atom. The van der Waals surface area contributed by atoms with Gasteiger partial charge in [0.1, 0.15) is 0 Å². The van der Waals surface area contributed by atoms with Crippen molar-refractivity contribution in [3.05, 3.63) is 58.9 Å². The summed E-state index contributed by atoms with van der Waals surface area (Å²) in [6.07, 6.45) is 5.29. The molecule has 0 aliphatic carbocycles. The molecule has 29 heavy (non-hydrogen) atoms. The molecule has 4 rings (SSSR count). The summed E-state index contributed by atoms with van der Waals surface area (Å²) in [5, 5.41) is 9.10. The number of hydrogen-bond donors (Lipinski definition) is 1. The van der Waals surface area contributed by atoms with Gasteiger partial charge in [0.15, 0.2) is 5.78 Å². The number of likely N-dealkylation sites (tertiary alicyclic amines) is 1. The van der Waals surface area contributed by atoms with E-state index in [4.69, 9.17) is 11.0 Å². The summed E-state index contributed by atoms with van der Waals surface area (Å²) in [6.45, 7) is 4.73. The summed E-state index contributed by atoms with van der Waals surface area (Å²) in [5.41, 5.74) is 11.4. The van der Waals surface area contributed by atoms with Gasteiger partial charge in [-0.2, -0.15) is 5.26 Å². The predicted molar refractivity (Wildman–Crippen MR) is 113 cm³/mol. The zero-order chi connectivity index (χ0) is 20.4. The Hall–Kier alpha value is -3.01. The Bertz CT molecular complexity index is 1090. The fourth-order valence-electron chi connectivity index (χ4n) is 4.18. The van der Waals surface area contributed by atoms with Crippen molar-refractivity contribution in [3.63, 3.8) is 0 Å². The molecular weight excluding hydrogens is 362 g/mol. The third-order valence-electron chi connectivity index (χ3n) is 5.68. The number of hydrogen-bond acceptors (Lipinski definition) is 5. The van der Waals surface area contributed by atoms with E-state index in [-0.39, 0.29) is 5.78 Å². The number of Topliss-reactive ketones (excluding diaryl/α,β-unsaturated/α-hetero) is 1. The Kier molecular flexibility index (Phi) is 5.43. The van der Waals surface area contributed by atoms with E-state index >= 15 is 0 Å². The SMILES string of the molecule is Cc1c(C(=O)CN2CCCCC2)c2ncc(CN)cc2n1-c1ccc(C#N)cc1. The van der Waals surface area contributed by atoms with Crippen molar-refractivity contribution in [2.75, 3.05) is 19.6 Å². The number of benzene rings is 1. The monoisotopic (exact) mass is 387 g/mol. The first kappa shape index (κ1) is 19.3. The van der Waals surface area contributed by atoms with Crippen LogP contribution in [0, 0.1) is 18.3 Å². The topological polar surface area (TPSA) is 87.9 Å². The molecule has 3 aromatic rings. The second kappa shape index (κ2) is 8.16. The van der Waals surface area contributed by atoms with Gasteiger partial charge in [0.05, 0.1) is 34.8 Å². The molecule has 0 unspecified atom stereocenters. The Labute approximate surface area is 170 Å². The third kappa shape index (κ3) is 3.67. The molecule has 0 saturated carbocycles. The third-order valence-corrected chi connectivity index (χ3v) is 5.68. The van der Waals surface area contributed by atoms with Crippen molar-refractivity contribution in [2.24, 2.45) is 5.73 Å². The second-order valence-corrected chi connectivity index (χ2v) is 7.63. The highest BCUT2D eigenvalue weighted by Crippen LogP contribution is 2.29. The van der Waals surface area contributed by atoms with Gasteiger partial charge in [0, 0.05) is 24.1 Å². The first-order chi connectivity index (χ1) is 14.1. The largest absolute Gasteiger partial charge is 0.326 e. The van der Waals surface area contributed by atoms with Crippen LogP contribution in [-0.4, -0.2) is 39.9 Å². The number of nitrogens with zero attached hydrogens (tertiary/aromatic N) is 4. The van der Waals surface area contributed by atoms with Gasteiger partial charge in [-0.15, -0.1) is 0 Å². The molecule has 3 heterocycles. The van der Waals surface area contributed by atoms with Crippen molar-refractivity contribution >= 4 is 16.8 Å². The highest BCUT2D eigenvalue weighted by Gasteiger charge is 2.24. The van der Waals surface area contributed by atoms with Gasteiger partial charge in [-0.1, -0.05) is 6.42 Å². The molecule has 0 atom stereocenters. The number of rotatable bonds is 5. The van der Waals surface area contributed by atoms with Crippen molar-refractivity contribution in [1.82, 2.24) is 14.5 Å². The van der Waals surface area contributed by atoms with Crippen LogP contribution in [0.3, 0.4) is 0 Å². The van der Waals surface area contributed by atoms with Crippen LogP contribution in [0.2, 0.25) is 0 Å². The zero-order valence-electron chi connectivity index (χ0n) is 16.7. The van der Waals surface area contributed by atoms with Crippen LogP contribution in [0.1, 0.15) is 46.4 Å². The molecule has 2 N–H and O–H groups in total. The van der Waals surface area contributed by atoms with E-state index in [0.717, 1.165) is 48.4 Å². The number of aromatic nitrogens is 2. The predicted octanol–water partition coefficient (Wildman–Crippen LogP) is 3.33. The molecule has 1 aliphatic heterocycles. The standard InChI is InChI=1S/C23H25N5O/c1-16-22(21(29)15-27-9-3-2-4-10-27)23-20(11-18(13-25)14-26-23)28(16)19-7-5-17(12-24)6-8-19/h5-8,11,14H,2-4,9-10,13,15,25H2,1H3. The summed E-state index contributed by atoms with van der Waals surface area (Å²) in [5.74, 6) is 0.106. The molecule has 0 spiro atoms. The summed E-state index contributed by atoms with van der Waals surface area (Å²) in [7, 11) is 0. The Balaban J connectivity index is 1.83. The number of fused-ring (bicyclic) bond motifs is 1. The zero-order valence-corrected chi connectivity index (χ0v) is 16.7. The Morgan fingerprint density at radius 2 is 1.93 bits per heavy atom. The van der Waals surface area contributed by atoms with Crippen molar-refractivity contribution in [3.8, 4) is 11.8 Å². The highest BCUT2D eigenvalue weighted by atomic mass is 16.1. The number of piperidine rings is 1. The maximum Gasteiger partial charge on any atom is 0.180 e. The molecule has 1 aliphatic rings. The van der Waals surface area contributed by atoms with Crippen LogP contribution >= 0.6 is 0 Å². The smallest absolute Gasteiger partial charge is 0.180 e. The van der Waals surface area contributed by atoms with E-state index in [0.29, 0.717) is 29.7 Å². The normalized spacial score (nSPS) is 14.8. The number of carbonyl (C=O) groups excluding carboxylic acids is 1. The van der Waals surface area contributed by atoms with Crippen molar-refractivity contribution in [2.45, 2.75) is 32.7 Å². The maximum atomic E-state index is 13.3. The molecule has 0 amide bonds. The van der Waals surface area contributed by atoms with Crippen LogP contribution in [-0.2, 0) is 6.54 Å². The van der Waals surface area contributed by atoms with E-state index < -0.39 is 0 Å². The fraction of sp³-hybridized carbons (Fsp3) is 0.348. The highest BCUT2D eigenvalue weighted by molar-refractivity contribution is 6.09. The molecule has 2 aromatic heterocycles. The van der Waals surface area contributed by atoms with Gasteiger partial charge in [0.2, 0.25) is 0 Å². The average molecular weight is 387 g/mol. The van der Waals surface area contributed by atoms with Crippen LogP contribution in [0.15, 0.2) is 36.5 Å². The van der Waals surface area contributed by atoms with E-state index in [9.17, 15) is 4.79 Å². The lowest BCUT2D eigenvalue weighted by Gasteiger charge is -2.25. The molecule has 6 heteroatoms. The van der Waals surface area contributed by atoms with E-state index in [1.54, 1.807) is 18.3 Å². The van der Waals surface area contributed by atoms with Gasteiger partial charge in [-0.3, -0.25) is 14.7 Å². The van der Waals surface area contributed by atoms with Crippen molar-refractivity contribution in [1.29, 1.82) is 5.26 Å². The van der Waals surface area contributed by atoms with Gasteiger partial charge in [-0.25, -0.2) is 0 Å². The molecule has 148 valence electrons. The van der Waals surface area contributed by atoms with E-state index in [1.807, 2.05) is 29.7 Å². The quantitative estimate of drug-likeness (QED) is 0.679. The molecule has 0 bridgehead atoms. The van der Waals surface area contributed by atoms with Crippen LogP contribution in [0.25, 0.3) is 16.7 Å². The van der Waals surface area contributed by atoms with Gasteiger partial charge >= 0.3 is 0 Å². The van der Waals surface area contributed by atoms with Gasteiger partial charge in [-0.05, 0) is 68.8 Å². The minimum Gasteiger partial charge on any atom is -0.326 e. The average Bonchev–Trinajstić information content (AvgIpc) is 3.05. The summed E-state index contributed by atoms with van der Waals surface area (Å²) in [4.78, 5) is 20.1. The molecule has 0 radical (unpaired) electrons. The number of nitrogens with two attached hydrogens (primary N) is 1. The minimum atomic E-state index is 0.106. The number of pyridine rings is 1. The lowest BCUT2D eigenvalue weighted by Crippen LogP contribution is -2.34. The second-order valence-electron chi connectivity index (χ2n) is 7.63. The molecule has 6 nitrogen and oxygen atoms in total. The first-order valence-electron chi connectivity index (χ1n) is 10.1. The van der Waals surface area contributed by atoms with Crippen molar-refractivity contribution < 1.29 is 4.79 Å². The summed E-state index contributed by atoms with van der Waals surface area (Å²) in [6, 6.07) is 11.5.